The van der Waals surface area contributed by atoms with Gasteiger partial charge in [-0.2, -0.15) is 13.2 Å². The molecule has 9 heteroatoms. The van der Waals surface area contributed by atoms with E-state index in [1.54, 1.807) is 27.7 Å². The van der Waals surface area contributed by atoms with Gasteiger partial charge in [0.15, 0.2) is 12.3 Å². The van der Waals surface area contributed by atoms with Crippen LogP contribution in [0.4, 0.5) is 17.6 Å². The van der Waals surface area contributed by atoms with Crippen LogP contribution in [0.5, 0.6) is 0 Å². The van der Waals surface area contributed by atoms with E-state index >= 15 is 0 Å². The summed E-state index contributed by atoms with van der Waals surface area (Å²) >= 11 is 0. The minimum Gasteiger partial charge on any atom is -0.430 e. The number of halogens is 4. The van der Waals surface area contributed by atoms with Gasteiger partial charge in [-0.3, -0.25) is 0 Å². The fourth-order valence-electron chi connectivity index (χ4n) is 1.35. The first-order chi connectivity index (χ1) is 10.2. The van der Waals surface area contributed by atoms with E-state index in [-0.39, 0.29) is 0 Å². The van der Waals surface area contributed by atoms with Gasteiger partial charge in [0.25, 0.3) is 0 Å². The Hall–Kier alpha value is -0.950. The fourth-order valence-corrected chi connectivity index (χ4v) is 1.35. The highest BCUT2D eigenvalue weighted by Crippen LogP contribution is 2.37. The van der Waals surface area contributed by atoms with Gasteiger partial charge >= 0.3 is 13.7 Å². The fraction of sp³-hybridized carbons (Fsp3) is 0.714. The molecule has 2 unspecified atom stereocenters. The Morgan fingerprint density at radius 2 is 1.83 bits per heavy atom. The molecule has 1 N–H and O–H groups in total. The van der Waals surface area contributed by atoms with Crippen LogP contribution in [-0.4, -0.2) is 39.4 Å². The third kappa shape index (κ3) is 5.56. The Labute approximate surface area is 136 Å². The highest BCUT2D eigenvalue weighted by atomic mass is 19.4. The van der Waals surface area contributed by atoms with Gasteiger partial charge in [0.1, 0.15) is 5.83 Å². The van der Waals surface area contributed by atoms with Crippen LogP contribution >= 0.6 is 0 Å². The highest BCUT2D eigenvalue weighted by Gasteiger charge is 2.39. The second-order valence-electron chi connectivity index (χ2n) is 6.51. The molecule has 0 spiro atoms. The topological polar surface area (TPSA) is 30.5 Å². The van der Waals surface area contributed by atoms with E-state index < -0.39 is 35.3 Å². The molecule has 1 heterocycles. The summed E-state index contributed by atoms with van der Waals surface area (Å²) in [7, 11) is 7.27. The Morgan fingerprint density at radius 3 is 2.26 bits per heavy atom. The maximum absolute atomic E-state index is 13.9. The van der Waals surface area contributed by atoms with E-state index in [1.165, 1.54) is 13.7 Å². The number of allylic oxidation sites excluding steroid dienone is 2. The summed E-state index contributed by atoms with van der Waals surface area (Å²) < 4.78 is 61.3. The molecule has 0 aromatic rings. The quantitative estimate of drug-likeness (QED) is 0.598. The summed E-state index contributed by atoms with van der Waals surface area (Å²) in [6.07, 6.45) is -5.77. The molecule has 0 bridgehead atoms. The lowest BCUT2D eigenvalue weighted by Gasteiger charge is -2.40. The van der Waals surface area contributed by atoms with Crippen LogP contribution in [0, 0.1) is 0 Å². The van der Waals surface area contributed by atoms with Crippen LogP contribution < -0.4 is 5.32 Å². The standard InChI is InChI=1S/C14H20B2F4NO2/c1-8(14(18,19)20)22-11-10(17)6-9(7-21-11)16-23-13(4,5)12(2,3)15/h6-8,11,21H,1-5H3. The largest absolute Gasteiger partial charge is 0.430 e. The van der Waals surface area contributed by atoms with Crippen molar-refractivity contribution in [3.8, 4) is 0 Å². The van der Waals surface area contributed by atoms with Gasteiger partial charge in [0.2, 0.25) is 0 Å². The summed E-state index contributed by atoms with van der Waals surface area (Å²) in [6, 6.07) is 0. The van der Waals surface area contributed by atoms with Crippen LogP contribution in [0.2, 0.25) is 5.31 Å². The van der Waals surface area contributed by atoms with Gasteiger partial charge < -0.3 is 14.7 Å². The lowest BCUT2D eigenvalue weighted by Crippen LogP contribution is -2.41. The molecule has 3 radical (unpaired) electrons. The second-order valence-corrected chi connectivity index (χ2v) is 6.51. The lowest BCUT2D eigenvalue weighted by molar-refractivity contribution is -0.226. The Morgan fingerprint density at radius 1 is 1.26 bits per heavy atom. The van der Waals surface area contributed by atoms with E-state index in [4.69, 9.17) is 12.5 Å². The molecule has 1 rings (SSSR count). The molecular formula is C14H20B2F4NO2. The predicted molar refractivity (Wildman–Crippen MR) is 81.5 cm³/mol. The van der Waals surface area contributed by atoms with E-state index in [0.29, 0.717) is 5.47 Å². The van der Waals surface area contributed by atoms with Crippen LogP contribution in [0.1, 0.15) is 34.6 Å². The van der Waals surface area contributed by atoms with E-state index in [2.05, 4.69) is 10.1 Å². The number of hydrogen-bond acceptors (Lipinski definition) is 3. The van der Waals surface area contributed by atoms with Crippen molar-refractivity contribution in [2.75, 3.05) is 0 Å². The van der Waals surface area contributed by atoms with Crippen LogP contribution in [-0.2, 0) is 9.39 Å². The third-order valence-corrected chi connectivity index (χ3v) is 3.80. The molecule has 0 saturated heterocycles. The van der Waals surface area contributed by atoms with Crippen molar-refractivity contribution in [3.63, 3.8) is 0 Å². The first-order valence-corrected chi connectivity index (χ1v) is 7.09. The molecule has 1 aliphatic rings. The third-order valence-electron chi connectivity index (χ3n) is 3.80. The van der Waals surface area contributed by atoms with E-state index in [9.17, 15) is 17.6 Å². The summed E-state index contributed by atoms with van der Waals surface area (Å²) in [5, 5.41) is 1.78. The van der Waals surface area contributed by atoms with Crippen molar-refractivity contribution < 1.29 is 27.0 Å². The van der Waals surface area contributed by atoms with Gasteiger partial charge in [-0.05, 0) is 43.8 Å². The molecule has 3 nitrogen and oxygen atoms in total. The molecule has 0 aromatic heterocycles. The zero-order valence-corrected chi connectivity index (χ0v) is 13.8. The van der Waals surface area contributed by atoms with Crippen LogP contribution in [0.3, 0.4) is 0 Å². The molecule has 1 aliphatic heterocycles. The number of ether oxygens (including phenoxy) is 1. The van der Waals surface area contributed by atoms with Gasteiger partial charge in [-0.15, -0.1) is 0 Å². The van der Waals surface area contributed by atoms with Crippen molar-refractivity contribution in [3.05, 3.63) is 23.6 Å². The molecule has 127 valence electrons. The van der Waals surface area contributed by atoms with E-state index in [1.807, 2.05) is 0 Å². The monoisotopic (exact) mass is 332 g/mol. The number of hydrogen-bond donors (Lipinski definition) is 1. The lowest BCUT2D eigenvalue weighted by atomic mass is 9.61. The Kier molecular flexibility index (Phi) is 6.02. The van der Waals surface area contributed by atoms with Gasteiger partial charge in [0, 0.05) is 5.60 Å². The SMILES string of the molecule is [B]C(C)(C)C(C)(C)O[B]C1=CNC(OC(C)C(F)(F)F)C(F)=C1. The number of alkyl halides is 3. The number of rotatable bonds is 6. The maximum atomic E-state index is 13.9. The average molecular weight is 332 g/mol. The van der Waals surface area contributed by atoms with Crippen molar-refractivity contribution in [1.29, 1.82) is 0 Å². The molecule has 0 aliphatic carbocycles. The first-order valence-electron chi connectivity index (χ1n) is 7.09. The minimum atomic E-state index is -4.56. The molecule has 0 saturated carbocycles. The summed E-state index contributed by atoms with van der Waals surface area (Å²) in [6.45, 7) is 7.93. The Bertz CT molecular complexity index is 484. The van der Waals surface area contributed by atoms with Crippen LogP contribution in [0.15, 0.2) is 23.6 Å². The van der Waals surface area contributed by atoms with Gasteiger partial charge in [-0.25, -0.2) is 4.39 Å². The van der Waals surface area contributed by atoms with Crippen LogP contribution in [0.25, 0.3) is 0 Å². The first kappa shape index (κ1) is 20.1. The molecular weight excluding hydrogens is 312 g/mol. The normalized spacial score (nSPS) is 21.2. The van der Waals surface area contributed by atoms with Gasteiger partial charge in [0.05, 0.1) is 7.85 Å². The molecule has 0 fully saturated rings. The summed E-state index contributed by atoms with van der Waals surface area (Å²) in [5.74, 6) is -0.872. The minimum absolute atomic E-state index is 0.319. The zero-order valence-electron chi connectivity index (χ0n) is 13.8. The van der Waals surface area contributed by atoms with Crippen molar-refractivity contribution in [2.45, 2.75) is 64.0 Å². The zero-order chi connectivity index (χ0) is 18.1. The van der Waals surface area contributed by atoms with Gasteiger partial charge in [-0.1, -0.05) is 13.8 Å². The second kappa shape index (κ2) is 6.89. The smallest absolute Gasteiger partial charge is 0.414 e. The Balaban J connectivity index is 2.62. The van der Waals surface area contributed by atoms with Crippen molar-refractivity contribution in [1.82, 2.24) is 5.32 Å². The number of nitrogens with one attached hydrogen (secondary N) is 1. The van der Waals surface area contributed by atoms with Crippen molar-refractivity contribution in [2.24, 2.45) is 0 Å². The average Bonchev–Trinajstić information content (AvgIpc) is 2.36. The highest BCUT2D eigenvalue weighted by molar-refractivity contribution is 6.39. The molecule has 0 aromatic carbocycles. The molecule has 0 amide bonds. The molecule has 2 atom stereocenters. The molecule has 23 heavy (non-hydrogen) atoms. The maximum Gasteiger partial charge on any atom is 0.414 e. The predicted octanol–water partition coefficient (Wildman–Crippen LogP) is 3.36. The van der Waals surface area contributed by atoms with Crippen molar-refractivity contribution >= 4 is 15.3 Å². The summed E-state index contributed by atoms with van der Waals surface area (Å²) in [5.41, 5.74) is -0.407. The number of dihydropyridines is 1. The summed E-state index contributed by atoms with van der Waals surface area (Å²) in [4.78, 5) is 0. The van der Waals surface area contributed by atoms with E-state index in [0.717, 1.165) is 13.0 Å².